The van der Waals surface area contributed by atoms with Crippen molar-refractivity contribution in [3.8, 4) is 17.2 Å². The van der Waals surface area contributed by atoms with Gasteiger partial charge < -0.3 is 14.4 Å². The molecule has 1 aromatic heterocycles. The molecular formula is C23H22FN3O4. The van der Waals surface area contributed by atoms with Crippen LogP contribution in [0.3, 0.4) is 0 Å². The van der Waals surface area contributed by atoms with E-state index in [-0.39, 0.29) is 17.9 Å². The van der Waals surface area contributed by atoms with E-state index in [9.17, 15) is 14.0 Å². The monoisotopic (exact) mass is 423 g/mol. The fraction of sp³-hybridized carbons (Fsp3) is 0.261. The van der Waals surface area contributed by atoms with Crippen molar-refractivity contribution in [2.45, 2.75) is 20.4 Å². The molecule has 0 radical (unpaired) electrons. The Kier molecular flexibility index (Phi) is 5.70. The second-order valence-electron chi connectivity index (χ2n) is 7.12. The van der Waals surface area contributed by atoms with Crippen LogP contribution in [0.5, 0.6) is 11.5 Å². The van der Waals surface area contributed by atoms with Gasteiger partial charge in [-0.3, -0.25) is 9.59 Å². The van der Waals surface area contributed by atoms with Crippen LogP contribution >= 0.6 is 0 Å². The lowest BCUT2D eigenvalue weighted by atomic mass is 10.1. The first kappa shape index (κ1) is 20.6. The second-order valence-corrected chi connectivity index (χ2v) is 7.12. The topological polar surface area (TPSA) is 73.7 Å². The van der Waals surface area contributed by atoms with Gasteiger partial charge in [0.1, 0.15) is 24.7 Å². The summed E-state index contributed by atoms with van der Waals surface area (Å²) in [5, 5.41) is 4.22. The van der Waals surface area contributed by atoms with Crippen LogP contribution in [0.1, 0.15) is 28.7 Å². The molecule has 1 aliphatic heterocycles. The number of para-hydroxylation sites is 2. The number of fused-ring (bicyclic) bond motifs is 1. The van der Waals surface area contributed by atoms with Crippen LogP contribution in [-0.4, -0.2) is 40.3 Å². The molecular weight excluding hydrogens is 401 g/mol. The van der Waals surface area contributed by atoms with Crippen molar-refractivity contribution < 1.29 is 18.7 Å². The van der Waals surface area contributed by atoms with Crippen LogP contribution in [0, 0.1) is 12.7 Å². The van der Waals surface area contributed by atoms with Gasteiger partial charge >= 0.3 is 0 Å². The Morgan fingerprint density at radius 1 is 1.16 bits per heavy atom. The van der Waals surface area contributed by atoms with Crippen molar-refractivity contribution in [1.82, 2.24) is 14.7 Å². The Bertz CT molecular complexity index is 1190. The molecule has 31 heavy (non-hydrogen) atoms. The molecule has 2 aromatic carbocycles. The molecule has 7 nitrogen and oxygen atoms in total. The molecule has 0 saturated carbocycles. The van der Waals surface area contributed by atoms with Gasteiger partial charge in [0.25, 0.3) is 5.91 Å². The number of carbonyl (C=O) groups is 1. The van der Waals surface area contributed by atoms with Gasteiger partial charge in [0, 0.05) is 30.4 Å². The molecule has 0 saturated heterocycles. The van der Waals surface area contributed by atoms with Crippen LogP contribution in [0.15, 0.2) is 53.3 Å². The molecule has 1 aliphatic rings. The molecule has 0 N–H and O–H groups in total. The van der Waals surface area contributed by atoms with Gasteiger partial charge in [-0.05, 0) is 32.0 Å². The zero-order chi connectivity index (χ0) is 22.0. The summed E-state index contributed by atoms with van der Waals surface area (Å²) in [6, 6.07) is 12.9. The van der Waals surface area contributed by atoms with E-state index in [0.29, 0.717) is 37.0 Å². The lowest BCUT2D eigenvalue weighted by Crippen LogP contribution is -2.36. The number of halogens is 1. The summed E-state index contributed by atoms with van der Waals surface area (Å²) in [4.78, 5) is 27.3. The molecule has 160 valence electrons. The zero-order valence-electron chi connectivity index (χ0n) is 17.3. The molecule has 0 atom stereocenters. The number of ether oxygens (including phenoxy) is 2. The number of aromatic nitrogens is 2. The molecule has 8 heteroatoms. The van der Waals surface area contributed by atoms with Crippen molar-refractivity contribution in [2.75, 3.05) is 19.8 Å². The van der Waals surface area contributed by atoms with Gasteiger partial charge in [0.2, 0.25) is 5.43 Å². The van der Waals surface area contributed by atoms with Crippen LogP contribution in [0.2, 0.25) is 0 Å². The first-order valence-corrected chi connectivity index (χ1v) is 10.0. The Morgan fingerprint density at radius 3 is 2.71 bits per heavy atom. The summed E-state index contributed by atoms with van der Waals surface area (Å²) in [5.74, 6) is 0.190. The number of hydrogen-bond donors (Lipinski definition) is 0. The molecule has 0 fully saturated rings. The highest BCUT2D eigenvalue weighted by molar-refractivity contribution is 5.92. The first-order valence-electron chi connectivity index (χ1n) is 10.0. The standard InChI is InChI=1S/C23H22FN3O4/c1-3-26(14-16-7-6-10-20-22(16)31-12-11-30-20)23(29)21-19(28)13-15(2)27(25-21)18-9-5-4-8-17(18)24/h4-10,13H,3,11-12,14H2,1-2H3. The Morgan fingerprint density at radius 2 is 1.94 bits per heavy atom. The van der Waals surface area contributed by atoms with E-state index >= 15 is 0 Å². The third kappa shape index (κ3) is 4.01. The van der Waals surface area contributed by atoms with Crippen LogP contribution in [-0.2, 0) is 6.54 Å². The smallest absolute Gasteiger partial charge is 0.278 e. The third-order valence-corrected chi connectivity index (χ3v) is 5.07. The number of rotatable bonds is 5. The molecule has 0 unspecified atom stereocenters. The SMILES string of the molecule is CCN(Cc1cccc2c1OCCO2)C(=O)c1nn(-c2ccccc2F)c(C)cc1=O. The average Bonchev–Trinajstić information content (AvgIpc) is 2.78. The number of hydrogen-bond acceptors (Lipinski definition) is 5. The first-order chi connectivity index (χ1) is 15.0. The minimum absolute atomic E-state index is 0.166. The predicted molar refractivity (Wildman–Crippen MR) is 112 cm³/mol. The number of benzene rings is 2. The molecule has 0 aliphatic carbocycles. The van der Waals surface area contributed by atoms with E-state index in [1.807, 2.05) is 25.1 Å². The van der Waals surface area contributed by atoms with Gasteiger partial charge in [0.05, 0.1) is 0 Å². The Labute approximate surface area is 178 Å². The maximum atomic E-state index is 14.3. The lowest BCUT2D eigenvalue weighted by Gasteiger charge is -2.25. The maximum Gasteiger partial charge on any atom is 0.278 e. The summed E-state index contributed by atoms with van der Waals surface area (Å²) in [7, 11) is 0. The summed E-state index contributed by atoms with van der Waals surface area (Å²) in [6.45, 7) is 4.91. The van der Waals surface area contributed by atoms with Crippen LogP contribution in [0.4, 0.5) is 4.39 Å². The number of amides is 1. The van der Waals surface area contributed by atoms with Gasteiger partial charge in [0.15, 0.2) is 17.2 Å². The normalized spacial score (nSPS) is 12.5. The molecule has 3 aromatic rings. The minimum Gasteiger partial charge on any atom is -0.486 e. The number of carbonyl (C=O) groups excluding carboxylic acids is 1. The summed E-state index contributed by atoms with van der Waals surface area (Å²) >= 11 is 0. The fourth-order valence-electron chi connectivity index (χ4n) is 3.50. The van der Waals surface area contributed by atoms with Crippen molar-refractivity contribution in [1.29, 1.82) is 0 Å². The second kappa shape index (κ2) is 8.59. The fourth-order valence-corrected chi connectivity index (χ4v) is 3.50. The maximum absolute atomic E-state index is 14.3. The third-order valence-electron chi connectivity index (χ3n) is 5.07. The molecule has 4 rings (SSSR count). The summed E-state index contributed by atoms with van der Waals surface area (Å²) < 4.78 is 26.9. The van der Waals surface area contributed by atoms with E-state index in [1.165, 1.54) is 21.7 Å². The molecule has 1 amide bonds. The van der Waals surface area contributed by atoms with Crippen molar-refractivity contribution in [2.24, 2.45) is 0 Å². The van der Waals surface area contributed by atoms with Gasteiger partial charge in [-0.25, -0.2) is 9.07 Å². The quantitative estimate of drug-likeness (QED) is 0.631. The van der Waals surface area contributed by atoms with Gasteiger partial charge in [-0.15, -0.1) is 0 Å². The Hall–Kier alpha value is -3.68. The molecule has 2 heterocycles. The highest BCUT2D eigenvalue weighted by Crippen LogP contribution is 2.34. The van der Waals surface area contributed by atoms with Crippen LogP contribution in [0.25, 0.3) is 5.69 Å². The van der Waals surface area contributed by atoms with Crippen LogP contribution < -0.4 is 14.9 Å². The van der Waals surface area contributed by atoms with Crippen molar-refractivity contribution in [3.63, 3.8) is 0 Å². The average molecular weight is 423 g/mol. The number of nitrogens with zero attached hydrogens (tertiary/aromatic N) is 3. The minimum atomic E-state index is -0.535. The predicted octanol–water partition coefficient (Wildman–Crippen LogP) is 3.11. The van der Waals surface area contributed by atoms with E-state index < -0.39 is 17.2 Å². The van der Waals surface area contributed by atoms with Crippen molar-refractivity contribution >= 4 is 5.91 Å². The van der Waals surface area contributed by atoms with E-state index in [2.05, 4.69) is 5.10 Å². The molecule has 0 bridgehead atoms. The van der Waals surface area contributed by atoms with E-state index in [1.54, 1.807) is 25.1 Å². The molecule has 0 spiro atoms. The summed E-state index contributed by atoms with van der Waals surface area (Å²) in [5.41, 5.74) is 0.590. The highest BCUT2D eigenvalue weighted by atomic mass is 19.1. The largest absolute Gasteiger partial charge is 0.486 e. The van der Waals surface area contributed by atoms with Gasteiger partial charge in [-0.2, -0.15) is 5.10 Å². The van der Waals surface area contributed by atoms with Gasteiger partial charge in [-0.1, -0.05) is 24.3 Å². The van der Waals surface area contributed by atoms with E-state index in [4.69, 9.17) is 9.47 Å². The highest BCUT2D eigenvalue weighted by Gasteiger charge is 2.24. The number of aryl methyl sites for hydroxylation is 1. The zero-order valence-corrected chi connectivity index (χ0v) is 17.3. The lowest BCUT2D eigenvalue weighted by molar-refractivity contribution is 0.0739. The summed E-state index contributed by atoms with van der Waals surface area (Å²) in [6.07, 6.45) is 0. The Balaban J connectivity index is 1.69. The van der Waals surface area contributed by atoms with Crippen molar-refractivity contribution in [3.05, 3.63) is 81.5 Å². The van der Waals surface area contributed by atoms with E-state index in [0.717, 1.165) is 5.56 Å².